The van der Waals surface area contributed by atoms with Gasteiger partial charge in [-0.25, -0.2) is 0 Å². The molecule has 4 rings (SSSR count). The largest absolute Gasteiger partial charge is 0.497 e. The van der Waals surface area contributed by atoms with E-state index in [2.05, 4.69) is 47.4 Å². The van der Waals surface area contributed by atoms with Crippen molar-refractivity contribution in [2.24, 2.45) is 5.92 Å². The van der Waals surface area contributed by atoms with E-state index in [4.69, 9.17) is 4.74 Å². The highest BCUT2D eigenvalue weighted by atomic mass is 16.5. The van der Waals surface area contributed by atoms with E-state index in [-0.39, 0.29) is 11.9 Å². The van der Waals surface area contributed by atoms with Crippen LogP contribution in [0.25, 0.3) is 10.9 Å². The number of likely N-dealkylation sites (tertiary alicyclic amines) is 1. The van der Waals surface area contributed by atoms with Gasteiger partial charge in [0.1, 0.15) is 5.75 Å². The van der Waals surface area contributed by atoms with Crippen LogP contribution in [0, 0.1) is 5.92 Å². The van der Waals surface area contributed by atoms with Crippen LogP contribution in [0.15, 0.2) is 24.4 Å². The number of nitrogens with zero attached hydrogens (tertiary/aromatic N) is 1. The van der Waals surface area contributed by atoms with Crippen LogP contribution in [0.4, 0.5) is 0 Å². The molecule has 0 bridgehead atoms. The van der Waals surface area contributed by atoms with Gasteiger partial charge >= 0.3 is 0 Å². The van der Waals surface area contributed by atoms with E-state index < -0.39 is 0 Å². The SMILES string of the molecule is COc1ccc2[nH]cc(C3CCN(C(C)C(=O)NC4CCC(C)CC4)CC3)c2c1. The molecule has 5 heteroatoms. The summed E-state index contributed by atoms with van der Waals surface area (Å²) in [5.74, 6) is 2.45. The van der Waals surface area contributed by atoms with Crippen LogP contribution in [0.5, 0.6) is 5.75 Å². The number of rotatable bonds is 5. The first-order valence-electron chi connectivity index (χ1n) is 11.2. The monoisotopic (exact) mass is 397 g/mol. The number of methoxy groups -OCH3 is 1. The molecule has 1 saturated heterocycles. The molecule has 1 unspecified atom stereocenters. The normalized spacial score (nSPS) is 25.1. The molecule has 0 spiro atoms. The van der Waals surface area contributed by atoms with Crippen LogP contribution in [0.2, 0.25) is 0 Å². The lowest BCUT2D eigenvalue weighted by Crippen LogP contribution is -2.50. The summed E-state index contributed by atoms with van der Waals surface area (Å²) in [6, 6.07) is 6.55. The number of piperidine rings is 1. The molecule has 2 N–H and O–H groups in total. The van der Waals surface area contributed by atoms with Crippen molar-refractivity contribution in [2.45, 2.75) is 70.4 Å². The summed E-state index contributed by atoms with van der Waals surface area (Å²) in [6.45, 7) is 6.32. The van der Waals surface area contributed by atoms with E-state index in [0.717, 1.165) is 56.0 Å². The summed E-state index contributed by atoms with van der Waals surface area (Å²) in [5, 5.41) is 4.58. The molecule has 5 nitrogen and oxygen atoms in total. The molecule has 2 fully saturated rings. The number of carbonyl (C=O) groups excluding carboxylic acids is 1. The first-order valence-corrected chi connectivity index (χ1v) is 11.2. The van der Waals surface area contributed by atoms with Gasteiger partial charge in [0.25, 0.3) is 0 Å². The van der Waals surface area contributed by atoms with Gasteiger partial charge in [-0.1, -0.05) is 6.92 Å². The Bertz CT molecular complexity index is 830. The zero-order valence-corrected chi connectivity index (χ0v) is 18.0. The molecule has 1 saturated carbocycles. The Hall–Kier alpha value is -2.01. The number of carbonyl (C=O) groups is 1. The zero-order chi connectivity index (χ0) is 20.4. The molecule has 1 aromatic carbocycles. The Morgan fingerprint density at radius 2 is 1.90 bits per heavy atom. The number of hydrogen-bond donors (Lipinski definition) is 2. The van der Waals surface area contributed by atoms with Crippen molar-refractivity contribution in [3.63, 3.8) is 0 Å². The number of amides is 1. The summed E-state index contributed by atoms with van der Waals surface area (Å²) in [4.78, 5) is 18.5. The predicted octanol–water partition coefficient (Wildman–Crippen LogP) is 4.44. The molecule has 29 heavy (non-hydrogen) atoms. The number of nitrogens with one attached hydrogen (secondary N) is 2. The fraction of sp³-hybridized carbons (Fsp3) is 0.625. The highest BCUT2D eigenvalue weighted by molar-refractivity contribution is 5.85. The van der Waals surface area contributed by atoms with Crippen LogP contribution in [0.1, 0.15) is 63.9 Å². The number of ether oxygens (including phenoxy) is 1. The molecule has 1 aliphatic heterocycles. The number of H-pyrrole nitrogens is 1. The van der Waals surface area contributed by atoms with Gasteiger partial charge in [0.15, 0.2) is 0 Å². The van der Waals surface area contributed by atoms with Gasteiger partial charge in [-0.2, -0.15) is 0 Å². The highest BCUT2D eigenvalue weighted by Crippen LogP contribution is 2.35. The van der Waals surface area contributed by atoms with E-state index in [1.165, 1.54) is 23.8 Å². The smallest absolute Gasteiger partial charge is 0.237 e. The lowest BCUT2D eigenvalue weighted by Gasteiger charge is -2.36. The second kappa shape index (κ2) is 8.78. The lowest BCUT2D eigenvalue weighted by atomic mass is 9.87. The van der Waals surface area contributed by atoms with Crippen molar-refractivity contribution < 1.29 is 9.53 Å². The Morgan fingerprint density at radius 3 is 2.59 bits per heavy atom. The van der Waals surface area contributed by atoms with Crippen LogP contribution >= 0.6 is 0 Å². The predicted molar refractivity (Wildman–Crippen MR) is 117 cm³/mol. The molecule has 2 aromatic rings. The Labute approximate surface area is 174 Å². The fourth-order valence-electron chi connectivity index (χ4n) is 5.08. The molecule has 0 radical (unpaired) electrons. The molecular formula is C24H35N3O2. The minimum absolute atomic E-state index is 0.0432. The van der Waals surface area contributed by atoms with Crippen molar-refractivity contribution in [1.82, 2.24) is 15.2 Å². The van der Waals surface area contributed by atoms with Gasteiger partial charge in [0.2, 0.25) is 5.91 Å². The zero-order valence-electron chi connectivity index (χ0n) is 18.0. The average Bonchev–Trinajstić information content (AvgIpc) is 3.18. The van der Waals surface area contributed by atoms with Gasteiger partial charge in [0, 0.05) is 23.1 Å². The third kappa shape index (κ3) is 4.45. The van der Waals surface area contributed by atoms with Crippen molar-refractivity contribution in [3.05, 3.63) is 30.0 Å². The van der Waals surface area contributed by atoms with Gasteiger partial charge < -0.3 is 15.0 Å². The van der Waals surface area contributed by atoms with Crippen molar-refractivity contribution >= 4 is 16.8 Å². The third-order valence-corrected chi connectivity index (χ3v) is 7.18. The van der Waals surface area contributed by atoms with Crippen LogP contribution in [-0.4, -0.2) is 48.1 Å². The van der Waals surface area contributed by atoms with Crippen molar-refractivity contribution in [3.8, 4) is 5.75 Å². The highest BCUT2D eigenvalue weighted by Gasteiger charge is 2.30. The van der Waals surface area contributed by atoms with E-state index in [0.29, 0.717) is 12.0 Å². The van der Waals surface area contributed by atoms with Crippen molar-refractivity contribution in [1.29, 1.82) is 0 Å². The Kier molecular flexibility index (Phi) is 6.14. The number of benzene rings is 1. The molecule has 2 aliphatic rings. The Balaban J connectivity index is 1.33. The topological polar surface area (TPSA) is 57.4 Å². The van der Waals surface area contributed by atoms with Gasteiger partial charge in [-0.3, -0.25) is 9.69 Å². The number of aromatic amines is 1. The lowest BCUT2D eigenvalue weighted by molar-refractivity contribution is -0.127. The maximum absolute atomic E-state index is 12.8. The molecule has 2 heterocycles. The standard InChI is InChI=1S/C24H35N3O2/c1-16-4-6-19(7-5-16)26-24(28)17(2)27-12-10-18(11-13-27)22-15-25-23-9-8-20(29-3)14-21(22)23/h8-9,14-19,25H,4-7,10-13H2,1-3H3,(H,26,28). The minimum Gasteiger partial charge on any atom is -0.497 e. The molecule has 1 aromatic heterocycles. The molecule has 1 aliphatic carbocycles. The number of fused-ring (bicyclic) bond motifs is 1. The summed E-state index contributed by atoms with van der Waals surface area (Å²) < 4.78 is 5.41. The average molecular weight is 398 g/mol. The van der Waals surface area contributed by atoms with Gasteiger partial charge in [0.05, 0.1) is 13.2 Å². The summed E-state index contributed by atoms with van der Waals surface area (Å²) in [5.41, 5.74) is 2.55. The molecule has 158 valence electrons. The minimum atomic E-state index is -0.0432. The summed E-state index contributed by atoms with van der Waals surface area (Å²) >= 11 is 0. The Morgan fingerprint density at radius 1 is 1.17 bits per heavy atom. The van der Waals surface area contributed by atoms with E-state index >= 15 is 0 Å². The number of hydrogen-bond acceptors (Lipinski definition) is 3. The van der Waals surface area contributed by atoms with E-state index in [9.17, 15) is 4.79 Å². The fourth-order valence-corrected chi connectivity index (χ4v) is 5.08. The first kappa shape index (κ1) is 20.3. The third-order valence-electron chi connectivity index (χ3n) is 7.18. The summed E-state index contributed by atoms with van der Waals surface area (Å²) in [6.07, 6.45) is 9.06. The van der Waals surface area contributed by atoms with E-state index in [1.807, 2.05) is 6.07 Å². The quantitative estimate of drug-likeness (QED) is 0.784. The maximum atomic E-state index is 12.8. The van der Waals surface area contributed by atoms with Gasteiger partial charge in [-0.05, 0) is 94.1 Å². The van der Waals surface area contributed by atoms with E-state index in [1.54, 1.807) is 7.11 Å². The first-order chi connectivity index (χ1) is 14.0. The molecule has 1 amide bonds. The van der Waals surface area contributed by atoms with Crippen LogP contribution in [0.3, 0.4) is 0 Å². The van der Waals surface area contributed by atoms with Crippen molar-refractivity contribution in [2.75, 3.05) is 20.2 Å². The van der Waals surface area contributed by atoms with Crippen LogP contribution in [-0.2, 0) is 4.79 Å². The van der Waals surface area contributed by atoms with Gasteiger partial charge in [-0.15, -0.1) is 0 Å². The number of aromatic nitrogens is 1. The van der Waals surface area contributed by atoms with Crippen LogP contribution < -0.4 is 10.1 Å². The second-order valence-electron chi connectivity index (χ2n) is 9.11. The molecule has 1 atom stereocenters. The summed E-state index contributed by atoms with van der Waals surface area (Å²) in [7, 11) is 1.71. The maximum Gasteiger partial charge on any atom is 0.237 e. The second-order valence-corrected chi connectivity index (χ2v) is 9.11. The molecular weight excluding hydrogens is 362 g/mol.